The minimum atomic E-state index is 0.232. The molecule has 0 saturated heterocycles. The zero-order valence-electron chi connectivity index (χ0n) is 12.7. The molecule has 0 spiro atoms. The second-order valence-electron chi connectivity index (χ2n) is 5.12. The van der Waals surface area contributed by atoms with E-state index in [4.69, 9.17) is 23.2 Å². The minimum absolute atomic E-state index is 0.232. The zero-order valence-corrected chi connectivity index (χ0v) is 14.2. The van der Waals surface area contributed by atoms with Crippen molar-refractivity contribution >= 4 is 23.2 Å². The average molecular weight is 326 g/mol. The Balaban J connectivity index is 2.27. The van der Waals surface area contributed by atoms with Gasteiger partial charge in [0.05, 0.1) is 15.7 Å². The smallest absolute Gasteiger partial charge is 0.0669 e. The van der Waals surface area contributed by atoms with E-state index in [9.17, 15) is 0 Å². The molecule has 2 rings (SSSR count). The predicted octanol–water partition coefficient (Wildman–Crippen LogP) is 4.18. The second kappa shape index (κ2) is 7.30. The van der Waals surface area contributed by atoms with Crippen LogP contribution in [-0.2, 0) is 19.9 Å². The summed E-state index contributed by atoms with van der Waals surface area (Å²) in [5.41, 5.74) is 3.57. The number of rotatable bonds is 6. The normalized spacial score (nSPS) is 12.6. The Morgan fingerprint density at radius 1 is 1.24 bits per heavy atom. The molecule has 0 aliphatic carbocycles. The predicted molar refractivity (Wildman–Crippen MR) is 89.2 cm³/mol. The highest BCUT2D eigenvalue weighted by Gasteiger charge is 2.18. The fraction of sp³-hybridized carbons (Fsp3) is 0.438. The van der Waals surface area contributed by atoms with Gasteiger partial charge in [-0.15, -0.1) is 0 Å². The van der Waals surface area contributed by atoms with Crippen molar-refractivity contribution in [2.45, 2.75) is 32.7 Å². The molecule has 1 aromatic heterocycles. The summed E-state index contributed by atoms with van der Waals surface area (Å²) in [4.78, 5) is 0. The Kier molecular flexibility index (Phi) is 5.68. The SMILES string of the molecule is CCNC(Cc1ccc(Cl)c(Cl)c1)c1cn(C)nc1CC. The number of nitrogens with zero attached hydrogens (tertiary/aromatic N) is 2. The molecule has 2 aromatic rings. The summed E-state index contributed by atoms with van der Waals surface area (Å²) in [5, 5.41) is 9.27. The van der Waals surface area contributed by atoms with Crippen LogP contribution in [-0.4, -0.2) is 16.3 Å². The summed E-state index contributed by atoms with van der Waals surface area (Å²) in [7, 11) is 1.96. The van der Waals surface area contributed by atoms with Crippen LogP contribution in [0.15, 0.2) is 24.4 Å². The van der Waals surface area contributed by atoms with E-state index in [0.29, 0.717) is 10.0 Å². The quantitative estimate of drug-likeness (QED) is 0.863. The highest BCUT2D eigenvalue weighted by atomic mass is 35.5. The summed E-state index contributed by atoms with van der Waals surface area (Å²) < 4.78 is 1.88. The minimum Gasteiger partial charge on any atom is -0.310 e. The van der Waals surface area contributed by atoms with Crippen molar-refractivity contribution in [2.75, 3.05) is 6.54 Å². The third-order valence-corrected chi connectivity index (χ3v) is 4.26. The van der Waals surface area contributed by atoms with Crippen LogP contribution in [0.4, 0.5) is 0 Å². The molecule has 1 heterocycles. The number of likely N-dealkylation sites (N-methyl/N-ethyl adjacent to an activating group) is 1. The number of hydrogen-bond acceptors (Lipinski definition) is 2. The highest BCUT2D eigenvalue weighted by Crippen LogP contribution is 2.27. The fourth-order valence-corrected chi connectivity index (χ4v) is 2.88. The number of nitrogens with one attached hydrogen (secondary N) is 1. The highest BCUT2D eigenvalue weighted by molar-refractivity contribution is 6.42. The Morgan fingerprint density at radius 3 is 2.62 bits per heavy atom. The zero-order chi connectivity index (χ0) is 15.4. The lowest BCUT2D eigenvalue weighted by molar-refractivity contribution is 0.545. The Labute approximate surface area is 136 Å². The van der Waals surface area contributed by atoms with Crippen molar-refractivity contribution in [3.63, 3.8) is 0 Å². The standard InChI is InChI=1S/C16H21Cl2N3/c1-4-15-12(10-21(3)20-15)16(19-5-2)9-11-6-7-13(17)14(18)8-11/h6-8,10,16,19H,4-5,9H2,1-3H3. The number of aromatic nitrogens is 2. The summed E-state index contributed by atoms with van der Waals surface area (Å²) in [5.74, 6) is 0. The number of halogens is 2. The first-order valence-electron chi connectivity index (χ1n) is 7.24. The number of hydrogen-bond donors (Lipinski definition) is 1. The van der Waals surface area contributed by atoms with Gasteiger partial charge < -0.3 is 5.32 Å². The molecule has 0 fully saturated rings. The lowest BCUT2D eigenvalue weighted by Crippen LogP contribution is -2.23. The van der Waals surface area contributed by atoms with Crippen molar-refractivity contribution in [1.29, 1.82) is 0 Å². The topological polar surface area (TPSA) is 29.9 Å². The van der Waals surface area contributed by atoms with E-state index in [1.807, 2.05) is 29.9 Å². The Hall–Kier alpha value is -1.03. The molecule has 1 atom stereocenters. The van der Waals surface area contributed by atoms with E-state index < -0.39 is 0 Å². The van der Waals surface area contributed by atoms with Crippen LogP contribution in [0, 0.1) is 0 Å². The van der Waals surface area contributed by atoms with Crippen LogP contribution in [0.3, 0.4) is 0 Å². The third-order valence-electron chi connectivity index (χ3n) is 3.52. The monoisotopic (exact) mass is 325 g/mol. The molecule has 1 unspecified atom stereocenters. The van der Waals surface area contributed by atoms with Gasteiger partial charge in [0.1, 0.15) is 0 Å². The number of benzene rings is 1. The van der Waals surface area contributed by atoms with E-state index in [2.05, 4.69) is 30.5 Å². The fourth-order valence-electron chi connectivity index (χ4n) is 2.56. The molecular weight excluding hydrogens is 305 g/mol. The van der Waals surface area contributed by atoms with Gasteiger partial charge in [-0.25, -0.2) is 0 Å². The maximum Gasteiger partial charge on any atom is 0.0669 e. The summed E-state index contributed by atoms with van der Waals surface area (Å²) in [6.45, 7) is 5.15. The maximum absolute atomic E-state index is 6.11. The van der Waals surface area contributed by atoms with Crippen LogP contribution < -0.4 is 5.32 Å². The van der Waals surface area contributed by atoms with Crippen molar-refractivity contribution in [3.8, 4) is 0 Å². The molecule has 114 valence electrons. The second-order valence-corrected chi connectivity index (χ2v) is 5.94. The van der Waals surface area contributed by atoms with Gasteiger partial charge in [0.15, 0.2) is 0 Å². The lowest BCUT2D eigenvalue weighted by Gasteiger charge is -2.18. The van der Waals surface area contributed by atoms with Gasteiger partial charge in [-0.1, -0.05) is 43.1 Å². The molecule has 1 N–H and O–H groups in total. The van der Waals surface area contributed by atoms with Crippen molar-refractivity contribution in [3.05, 3.63) is 51.3 Å². The molecule has 0 saturated carbocycles. The first-order valence-corrected chi connectivity index (χ1v) is 8.00. The lowest BCUT2D eigenvalue weighted by atomic mass is 9.98. The van der Waals surface area contributed by atoms with Crippen molar-refractivity contribution in [1.82, 2.24) is 15.1 Å². The Bertz CT molecular complexity index is 608. The van der Waals surface area contributed by atoms with Crippen LogP contribution in [0.5, 0.6) is 0 Å². The van der Waals surface area contributed by atoms with E-state index >= 15 is 0 Å². The van der Waals surface area contributed by atoms with Gasteiger partial charge in [-0.2, -0.15) is 5.10 Å². The van der Waals surface area contributed by atoms with Gasteiger partial charge in [-0.05, 0) is 37.1 Å². The van der Waals surface area contributed by atoms with Gasteiger partial charge in [0.2, 0.25) is 0 Å². The van der Waals surface area contributed by atoms with Crippen molar-refractivity contribution in [2.24, 2.45) is 7.05 Å². The number of aryl methyl sites for hydroxylation is 2. The first kappa shape index (κ1) is 16.3. The van der Waals surface area contributed by atoms with E-state index in [1.54, 1.807) is 0 Å². The summed E-state index contributed by atoms with van der Waals surface area (Å²) >= 11 is 12.1. The van der Waals surface area contributed by atoms with Gasteiger partial charge in [0.25, 0.3) is 0 Å². The molecule has 3 nitrogen and oxygen atoms in total. The molecule has 0 aliphatic rings. The van der Waals surface area contributed by atoms with Gasteiger partial charge >= 0.3 is 0 Å². The molecule has 0 aliphatic heterocycles. The molecule has 1 aromatic carbocycles. The molecule has 21 heavy (non-hydrogen) atoms. The Morgan fingerprint density at radius 2 is 2.00 bits per heavy atom. The molecule has 5 heteroatoms. The van der Waals surface area contributed by atoms with Crippen molar-refractivity contribution < 1.29 is 0 Å². The van der Waals surface area contributed by atoms with Crippen LogP contribution >= 0.6 is 23.2 Å². The van der Waals surface area contributed by atoms with E-state index in [1.165, 1.54) is 11.1 Å². The summed E-state index contributed by atoms with van der Waals surface area (Å²) in [6, 6.07) is 6.05. The van der Waals surface area contributed by atoms with Gasteiger partial charge in [-0.3, -0.25) is 4.68 Å². The van der Waals surface area contributed by atoms with E-state index in [-0.39, 0.29) is 6.04 Å². The van der Waals surface area contributed by atoms with E-state index in [0.717, 1.165) is 25.1 Å². The maximum atomic E-state index is 6.11. The molecule has 0 amide bonds. The summed E-state index contributed by atoms with van der Waals surface area (Å²) in [6.07, 6.45) is 3.90. The molecule has 0 radical (unpaired) electrons. The van der Waals surface area contributed by atoms with Crippen LogP contribution in [0.2, 0.25) is 10.0 Å². The first-order chi connectivity index (χ1) is 10.0. The largest absolute Gasteiger partial charge is 0.310 e. The average Bonchev–Trinajstić information content (AvgIpc) is 2.83. The molecular formula is C16H21Cl2N3. The van der Waals surface area contributed by atoms with Crippen LogP contribution in [0.25, 0.3) is 0 Å². The van der Waals surface area contributed by atoms with Crippen LogP contribution in [0.1, 0.15) is 36.7 Å². The third kappa shape index (κ3) is 4.00. The van der Waals surface area contributed by atoms with Gasteiger partial charge in [0, 0.05) is 24.8 Å². The molecule has 0 bridgehead atoms.